The van der Waals surface area contributed by atoms with Gasteiger partial charge in [0.2, 0.25) is 0 Å². The van der Waals surface area contributed by atoms with Crippen LogP contribution in [0.5, 0.6) is 11.5 Å². The van der Waals surface area contributed by atoms with Crippen molar-refractivity contribution >= 4 is 0 Å². The van der Waals surface area contributed by atoms with Crippen LogP contribution in [0.2, 0.25) is 0 Å². The van der Waals surface area contributed by atoms with Crippen LogP contribution in [-0.4, -0.2) is 0 Å². The molecule has 0 aliphatic carbocycles. The summed E-state index contributed by atoms with van der Waals surface area (Å²) in [6.45, 7) is 0. The normalized spacial score (nSPS) is 10.0. The van der Waals surface area contributed by atoms with Gasteiger partial charge in [-0.3, -0.25) is 0 Å². The molecule has 6 aromatic rings. The molecule has 0 radical (unpaired) electrons. The fraction of sp³-hybridized carbons (Fsp3) is 0. The second kappa shape index (κ2) is 12.4. The molecule has 0 aliphatic rings. The average molecular weight is 523 g/mol. The molecule has 0 heterocycles. The maximum absolute atomic E-state index is 6.80. The van der Waals surface area contributed by atoms with Crippen LogP contribution >= 0.6 is 0 Å². The Morgan fingerprint density at radius 2 is 0.683 bits per heavy atom. The molecule has 6 aromatic carbocycles. The van der Waals surface area contributed by atoms with Gasteiger partial charge >= 0.3 is 0 Å². The van der Waals surface area contributed by atoms with Gasteiger partial charge in [0.25, 0.3) is 0 Å². The Balaban J connectivity index is 1.49. The van der Waals surface area contributed by atoms with E-state index in [1.165, 1.54) is 0 Å². The molecule has 0 spiro atoms. The minimum atomic E-state index is 0.737. The van der Waals surface area contributed by atoms with Crippen LogP contribution in [0.1, 0.15) is 22.3 Å². The van der Waals surface area contributed by atoms with E-state index in [4.69, 9.17) is 4.74 Å². The van der Waals surface area contributed by atoms with Crippen LogP contribution < -0.4 is 4.74 Å². The van der Waals surface area contributed by atoms with Gasteiger partial charge in [0.15, 0.2) is 0 Å². The van der Waals surface area contributed by atoms with Crippen LogP contribution in [0.15, 0.2) is 158 Å². The predicted octanol–water partition coefficient (Wildman–Crippen LogP) is 9.61. The number of ether oxygens (including phenoxy) is 1. The van der Waals surface area contributed by atoms with Crippen LogP contribution in [0.3, 0.4) is 0 Å². The summed E-state index contributed by atoms with van der Waals surface area (Å²) >= 11 is 0. The predicted molar refractivity (Wildman–Crippen MR) is 169 cm³/mol. The zero-order valence-corrected chi connectivity index (χ0v) is 22.4. The lowest BCUT2D eigenvalue weighted by Crippen LogP contribution is -1.95. The number of benzene rings is 6. The first-order chi connectivity index (χ1) is 20.3. The van der Waals surface area contributed by atoms with E-state index in [0.717, 1.165) is 56.0 Å². The van der Waals surface area contributed by atoms with Gasteiger partial charge in [0.05, 0.1) is 0 Å². The molecule has 0 bridgehead atoms. The Labute approximate surface area is 241 Å². The van der Waals surface area contributed by atoms with Crippen molar-refractivity contribution in [2.75, 3.05) is 0 Å². The zero-order valence-electron chi connectivity index (χ0n) is 22.4. The van der Waals surface area contributed by atoms with E-state index in [1.807, 2.05) is 133 Å². The molecule has 0 unspecified atom stereocenters. The highest BCUT2D eigenvalue weighted by Crippen LogP contribution is 2.40. The monoisotopic (exact) mass is 522 g/mol. The number of hydrogen-bond acceptors (Lipinski definition) is 1. The molecule has 0 fully saturated rings. The third kappa shape index (κ3) is 6.12. The minimum absolute atomic E-state index is 0.737. The third-order valence-electron chi connectivity index (χ3n) is 6.63. The van der Waals surface area contributed by atoms with Crippen LogP contribution in [0, 0.1) is 23.7 Å². The summed E-state index contributed by atoms with van der Waals surface area (Å²) in [6, 6.07) is 52.7. The minimum Gasteiger partial charge on any atom is -0.456 e. The van der Waals surface area contributed by atoms with E-state index in [9.17, 15) is 0 Å². The third-order valence-corrected chi connectivity index (χ3v) is 6.63. The van der Waals surface area contributed by atoms with E-state index < -0.39 is 0 Å². The van der Waals surface area contributed by atoms with E-state index in [0.29, 0.717) is 0 Å². The van der Waals surface area contributed by atoms with Crippen molar-refractivity contribution in [1.82, 2.24) is 0 Å². The Kier molecular flexibility index (Phi) is 7.72. The van der Waals surface area contributed by atoms with E-state index >= 15 is 0 Å². The summed E-state index contributed by atoms with van der Waals surface area (Å²) in [5.41, 5.74) is 7.73. The largest absolute Gasteiger partial charge is 0.456 e. The lowest BCUT2D eigenvalue weighted by Gasteiger charge is -2.17. The van der Waals surface area contributed by atoms with Gasteiger partial charge in [-0.2, -0.15) is 0 Å². The van der Waals surface area contributed by atoms with Gasteiger partial charge in [0, 0.05) is 33.4 Å². The molecule has 0 aromatic heterocycles. The standard InChI is InChI=1S/C40H26O/c1-5-15-31(16-6-1)27-29-35-23-13-25-37(39(35)33-19-9-3-10-20-33)41-38-26-14-24-36(30-28-32-17-7-2-8-18-32)40(38)34-21-11-4-12-22-34/h1-26H. The maximum atomic E-state index is 6.80. The van der Waals surface area contributed by atoms with Crippen molar-refractivity contribution in [3.8, 4) is 57.4 Å². The van der Waals surface area contributed by atoms with E-state index in [2.05, 4.69) is 47.9 Å². The van der Waals surface area contributed by atoms with Crippen LogP contribution in [0.4, 0.5) is 0 Å². The fourth-order valence-corrected chi connectivity index (χ4v) is 4.69. The molecular formula is C40H26O. The summed E-state index contributed by atoms with van der Waals surface area (Å²) in [7, 11) is 0. The average Bonchev–Trinajstić information content (AvgIpc) is 3.05. The Morgan fingerprint density at radius 3 is 1.07 bits per heavy atom. The second-order valence-corrected chi connectivity index (χ2v) is 9.42. The molecule has 0 aliphatic heterocycles. The van der Waals surface area contributed by atoms with Crippen molar-refractivity contribution in [1.29, 1.82) is 0 Å². The SMILES string of the molecule is C(#Cc1cccc(Oc2cccc(C#Cc3ccccc3)c2-c2ccccc2)c1-c1ccccc1)c1ccccc1. The van der Waals surface area contributed by atoms with Crippen molar-refractivity contribution < 1.29 is 4.74 Å². The van der Waals surface area contributed by atoms with Crippen LogP contribution in [0.25, 0.3) is 22.3 Å². The summed E-state index contributed by atoms with van der Waals surface area (Å²) in [5.74, 6) is 14.9. The Hall–Kier alpha value is -5.76. The highest BCUT2D eigenvalue weighted by atomic mass is 16.5. The van der Waals surface area contributed by atoms with Gasteiger partial charge in [-0.1, -0.05) is 133 Å². The molecular weight excluding hydrogens is 496 g/mol. The van der Waals surface area contributed by atoms with Gasteiger partial charge < -0.3 is 4.74 Å². The first-order valence-electron chi connectivity index (χ1n) is 13.5. The van der Waals surface area contributed by atoms with Crippen molar-refractivity contribution in [3.05, 3.63) is 180 Å². The lowest BCUT2D eigenvalue weighted by molar-refractivity contribution is 0.486. The summed E-state index contributed by atoms with van der Waals surface area (Å²) in [5, 5.41) is 0. The smallest absolute Gasteiger partial charge is 0.136 e. The molecule has 0 saturated heterocycles. The highest BCUT2D eigenvalue weighted by molar-refractivity contribution is 5.81. The van der Waals surface area contributed by atoms with E-state index in [1.54, 1.807) is 0 Å². The quantitative estimate of drug-likeness (QED) is 0.209. The number of hydrogen-bond donors (Lipinski definition) is 0. The molecule has 0 saturated carbocycles. The molecule has 0 atom stereocenters. The Bertz CT molecular complexity index is 1740. The zero-order chi connectivity index (χ0) is 27.7. The summed E-state index contributed by atoms with van der Waals surface area (Å²) < 4.78 is 6.80. The summed E-state index contributed by atoms with van der Waals surface area (Å²) in [4.78, 5) is 0. The highest BCUT2D eigenvalue weighted by Gasteiger charge is 2.16. The molecule has 192 valence electrons. The Morgan fingerprint density at radius 1 is 0.317 bits per heavy atom. The van der Waals surface area contributed by atoms with Gasteiger partial charge in [-0.25, -0.2) is 0 Å². The van der Waals surface area contributed by atoms with Crippen LogP contribution in [-0.2, 0) is 0 Å². The van der Waals surface area contributed by atoms with Crippen molar-refractivity contribution in [2.45, 2.75) is 0 Å². The van der Waals surface area contributed by atoms with Gasteiger partial charge in [-0.05, 0) is 59.7 Å². The molecule has 41 heavy (non-hydrogen) atoms. The summed E-state index contributed by atoms with van der Waals surface area (Å²) in [6.07, 6.45) is 0. The molecule has 0 N–H and O–H groups in total. The van der Waals surface area contributed by atoms with E-state index in [-0.39, 0.29) is 0 Å². The number of rotatable bonds is 4. The van der Waals surface area contributed by atoms with Gasteiger partial charge in [-0.15, -0.1) is 0 Å². The molecule has 1 heteroatoms. The maximum Gasteiger partial charge on any atom is 0.136 e. The molecule has 6 rings (SSSR count). The first kappa shape index (κ1) is 25.5. The fourth-order valence-electron chi connectivity index (χ4n) is 4.69. The molecule has 1 nitrogen and oxygen atoms in total. The first-order valence-corrected chi connectivity index (χ1v) is 13.5. The van der Waals surface area contributed by atoms with Gasteiger partial charge in [0.1, 0.15) is 11.5 Å². The van der Waals surface area contributed by atoms with Crippen molar-refractivity contribution in [2.24, 2.45) is 0 Å². The lowest BCUT2D eigenvalue weighted by atomic mass is 9.97. The second-order valence-electron chi connectivity index (χ2n) is 9.42. The molecule has 0 amide bonds. The topological polar surface area (TPSA) is 9.23 Å². The van der Waals surface area contributed by atoms with Crippen molar-refractivity contribution in [3.63, 3.8) is 0 Å².